The molecular weight excluding hydrogens is 789 g/mol. The fraction of sp³-hybridized carbons (Fsp3) is 0.396. The third kappa shape index (κ3) is 14.0. The zero-order valence-electron chi connectivity index (χ0n) is 37.9. The predicted octanol–water partition coefficient (Wildman–Crippen LogP) is 8.97. The van der Waals surface area contributed by atoms with E-state index in [0.29, 0.717) is 30.9 Å². The highest BCUT2D eigenvalue weighted by Gasteiger charge is 2.24. The molecule has 2 fully saturated rings. The Morgan fingerprint density at radius 2 is 1.13 bits per heavy atom. The number of carbonyl (C=O) groups excluding carboxylic acids is 2. The lowest BCUT2D eigenvalue weighted by Crippen LogP contribution is -2.43. The topological polar surface area (TPSA) is 102 Å². The van der Waals surface area contributed by atoms with Crippen molar-refractivity contribution in [1.29, 1.82) is 0 Å². The number of hydrogen-bond donors (Lipinski definition) is 2. The lowest BCUT2D eigenvalue weighted by atomic mass is 10.0. The minimum atomic E-state index is -0.0913. The number of nitrogens with zero attached hydrogens (tertiary/aromatic N) is 2. The average Bonchev–Trinajstić information content (AvgIpc) is 3.31. The molecule has 63 heavy (non-hydrogen) atoms. The van der Waals surface area contributed by atoms with E-state index >= 15 is 0 Å². The number of benzene rings is 5. The molecular formula is C53H66N4O6. The van der Waals surface area contributed by atoms with Crippen LogP contribution in [0.25, 0.3) is 0 Å². The Morgan fingerprint density at radius 3 is 1.68 bits per heavy atom. The summed E-state index contributed by atoms with van der Waals surface area (Å²) in [6.45, 7) is 19.1. The van der Waals surface area contributed by atoms with Crippen LogP contribution in [0.2, 0.25) is 0 Å². The van der Waals surface area contributed by atoms with Gasteiger partial charge in [-0.3, -0.25) is 19.4 Å². The Bertz CT molecular complexity index is 2130. The highest BCUT2D eigenvalue weighted by molar-refractivity contribution is 5.95. The van der Waals surface area contributed by atoms with Crippen LogP contribution < -0.4 is 20.1 Å². The fourth-order valence-corrected chi connectivity index (χ4v) is 8.18. The molecule has 2 heterocycles. The molecule has 0 aliphatic carbocycles. The average molecular weight is 855 g/mol. The lowest BCUT2D eigenvalue weighted by Gasteiger charge is -2.35. The van der Waals surface area contributed by atoms with Gasteiger partial charge < -0.3 is 29.6 Å². The van der Waals surface area contributed by atoms with Gasteiger partial charge in [0, 0.05) is 50.4 Å². The molecule has 0 bridgehead atoms. The number of hydrogen-bond acceptors (Lipinski definition) is 8. The van der Waals surface area contributed by atoms with Crippen LogP contribution in [-0.4, -0.2) is 93.9 Å². The van der Waals surface area contributed by atoms with E-state index in [9.17, 15) is 9.59 Å². The number of aryl methyl sites for hydroxylation is 4. The van der Waals surface area contributed by atoms with E-state index < -0.39 is 0 Å². The third-order valence-electron chi connectivity index (χ3n) is 11.6. The first-order valence-electron chi connectivity index (χ1n) is 22.5. The maximum Gasteiger partial charge on any atom is 0.251 e. The fourth-order valence-electron chi connectivity index (χ4n) is 8.18. The van der Waals surface area contributed by atoms with Crippen molar-refractivity contribution in [1.82, 2.24) is 20.4 Å². The van der Waals surface area contributed by atoms with Gasteiger partial charge in [0.15, 0.2) is 0 Å². The van der Waals surface area contributed by atoms with Gasteiger partial charge in [0.1, 0.15) is 18.1 Å². The van der Waals surface area contributed by atoms with Gasteiger partial charge >= 0.3 is 0 Å². The highest BCUT2D eigenvalue weighted by atomic mass is 16.5. The molecule has 0 aromatic heterocycles. The Balaban J connectivity index is 0.000000211. The number of morpholine rings is 2. The predicted molar refractivity (Wildman–Crippen MR) is 251 cm³/mol. The quantitative estimate of drug-likeness (QED) is 0.0895. The normalized spacial score (nSPS) is 15.3. The van der Waals surface area contributed by atoms with Crippen LogP contribution in [0.1, 0.15) is 91.5 Å². The van der Waals surface area contributed by atoms with E-state index in [1.54, 1.807) is 0 Å². The minimum Gasteiger partial charge on any atom is -0.493 e. The third-order valence-corrected chi connectivity index (χ3v) is 11.6. The van der Waals surface area contributed by atoms with Crippen LogP contribution in [0.4, 0.5) is 0 Å². The van der Waals surface area contributed by atoms with Crippen molar-refractivity contribution in [3.63, 3.8) is 0 Å². The first-order valence-corrected chi connectivity index (χ1v) is 22.5. The van der Waals surface area contributed by atoms with E-state index in [4.69, 9.17) is 18.9 Å². The van der Waals surface area contributed by atoms with Crippen LogP contribution in [0.15, 0.2) is 115 Å². The maximum atomic E-state index is 13.3. The molecule has 2 atom stereocenters. The van der Waals surface area contributed by atoms with E-state index in [0.717, 1.165) is 117 Å². The number of amides is 2. The summed E-state index contributed by atoms with van der Waals surface area (Å²) in [6.07, 6.45) is 2.13. The van der Waals surface area contributed by atoms with Crippen molar-refractivity contribution < 1.29 is 28.5 Å². The molecule has 334 valence electrons. The number of nitrogens with one attached hydrogen (secondary N) is 2. The van der Waals surface area contributed by atoms with Gasteiger partial charge in [0.05, 0.1) is 45.1 Å². The van der Waals surface area contributed by atoms with Crippen molar-refractivity contribution in [2.75, 3.05) is 72.3 Å². The van der Waals surface area contributed by atoms with Crippen molar-refractivity contribution >= 4 is 11.8 Å². The maximum absolute atomic E-state index is 13.3. The second-order valence-corrected chi connectivity index (χ2v) is 16.5. The number of carbonyl (C=O) groups is 2. The van der Waals surface area contributed by atoms with E-state index in [2.05, 4.69) is 63.8 Å². The zero-order chi connectivity index (χ0) is 44.4. The van der Waals surface area contributed by atoms with Gasteiger partial charge in [-0.2, -0.15) is 0 Å². The number of ether oxygens (including phenoxy) is 4. The number of unbranched alkanes of at least 4 members (excludes halogenated alkanes) is 1. The van der Waals surface area contributed by atoms with Gasteiger partial charge in [-0.25, -0.2) is 0 Å². The van der Waals surface area contributed by atoms with Crippen LogP contribution in [0.5, 0.6) is 11.5 Å². The molecule has 0 radical (unpaired) electrons. The summed E-state index contributed by atoms with van der Waals surface area (Å²) in [5.74, 6) is 1.62. The summed E-state index contributed by atoms with van der Waals surface area (Å²) in [7, 11) is 0. The van der Waals surface area contributed by atoms with Crippen LogP contribution in [0, 0.1) is 27.7 Å². The van der Waals surface area contributed by atoms with Crippen molar-refractivity contribution in [2.24, 2.45) is 0 Å². The zero-order valence-corrected chi connectivity index (χ0v) is 37.9. The second kappa shape index (κ2) is 24.4. The summed E-state index contributed by atoms with van der Waals surface area (Å²) in [6, 6.07) is 38.4. The molecule has 5 aromatic rings. The van der Waals surface area contributed by atoms with E-state index in [1.165, 1.54) is 5.56 Å². The van der Waals surface area contributed by atoms with Crippen molar-refractivity contribution in [3.8, 4) is 11.5 Å². The first-order chi connectivity index (χ1) is 30.7. The Kier molecular flexibility index (Phi) is 18.2. The summed E-state index contributed by atoms with van der Waals surface area (Å²) in [4.78, 5) is 30.9. The molecule has 10 heteroatoms. The van der Waals surface area contributed by atoms with Crippen LogP contribution in [-0.2, 0) is 16.1 Å². The molecule has 7 rings (SSSR count). The minimum absolute atomic E-state index is 0.0458. The molecule has 0 saturated carbocycles. The van der Waals surface area contributed by atoms with Gasteiger partial charge in [-0.1, -0.05) is 104 Å². The Labute approximate surface area is 374 Å². The second-order valence-electron chi connectivity index (χ2n) is 16.5. The molecule has 2 saturated heterocycles. The molecule has 2 unspecified atom stereocenters. The summed E-state index contributed by atoms with van der Waals surface area (Å²) in [5.41, 5.74) is 8.70. The summed E-state index contributed by atoms with van der Waals surface area (Å²) in [5, 5.41) is 6.43. The van der Waals surface area contributed by atoms with E-state index in [-0.39, 0.29) is 23.9 Å². The SMILES string of the molecule is CCCCOc1c(C)cc(C(=O)NCC(c2ccccc2)N2CCOCC2)cc1C.Cc1cc(C(=O)NC(CN2CCOCC2)c2ccccc2)cc(C)c1OCc1ccccc1. The van der Waals surface area contributed by atoms with Gasteiger partial charge in [-0.15, -0.1) is 0 Å². The van der Waals surface area contributed by atoms with Gasteiger partial charge in [0.2, 0.25) is 0 Å². The smallest absolute Gasteiger partial charge is 0.251 e. The van der Waals surface area contributed by atoms with Crippen LogP contribution in [0.3, 0.4) is 0 Å². The van der Waals surface area contributed by atoms with E-state index in [1.807, 2.05) is 107 Å². The van der Waals surface area contributed by atoms with Crippen molar-refractivity contribution in [2.45, 2.75) is 66.2 Å². The van der Waals surface area contributed by atoms with Crippen LogP contribution >= 0.6 is 0 Å². The molecule has 2 N–H and O–H groups in total. The summed E-state index contributed by atoms with van der Waals surface area (Å²) >= 11 is 0. The molecule has 2 aliphatic heterocycles. The first kappa shape index (κ1) is 47.0. The van der Waals surface area contributed by atoms with Gasteiger partial charge in [0.25, 0.3) is 11.8 Å². The Hall–Kier alpha value is -5.52. The molecule has 10 nitrogen and oxygen atoms in total. The molecule has 0 spiro atoms. The van der Waals surface area contributed by atoms with Gasteiger partial charge in [-0.05, 0) is 97.3 Å². The standard InChI is InChI=1S/C28H32N2O3.C25H34N2O3/c1-21-17-25(18-22(2)27(21)33-20-23-9-5-3-6-10-23)28(31)29-26(24-11-7-4-8-12-24)19-30-13-15-32-16-14-30;1-4-5-13-30-24-19(2)16-22(17-20(24)3)25(28)26-18-23(21-9-7-6-8-10-21)27-11-14-29-15-12-27/h3-12,17-18,26H,13-16,19-20H2,1-2H3,(H,29,31);6-10,16-17,23H,4-5,11-15,18H2,1-3H3,(H,26,28). The Morgan fingerprint density at radius 1 is 0.635 bits per heavy atom. The largest absolute Gasteiger partial charge is 0.493 e. The summed E-state index contributed by atoms with van der Waals surface area (Å²) < 4.78 is 23.0. The lowest BCUT2D eigenvalue weighted by molar-refractivity contribution is 0.0162. The molecule has 2 amide bonds. The molecule has 2 aliphatic rings. The number of rotatable bonds is 17. The van der Waals surface area contributed by atoms with Crippen molar-refractivity contribution in [3.05, 3.63) is 165 Å². The monoisotopic (exact) mass is 854 g/mol. The molecule has 5 aromatic carbocycles. The highest BCUT2D eigenvalue weighted by Crippen LogP contribution is 2.28.